The van der Waals surface area contributed by atoms with Crippen LogP contribution in [0.5, 0.6) is 0 Å². The maximum absolute atomic E-state index is 11.5. The second-order valence-corrected chi connectivity index (χ2v) is 17.9. The van der Waals surface area contributed by atoms with E-state index in [0.29, 0.717) is 23.0 Å². The first-order chi connectivity index (χ1) is 36.7. The molecule has 0 aliphatic rings. The molecular formula is C66H42N8. The summed E-state index contributed by atoms with van der Waals surface area (Å²) in [5, 5.41) is 17.1. The van der Waals surface area contributed by atoms with E-state index < -0.39 is 0 Å². The van der Waals surface area contributed by atoms with Gasteiger partial charge in [0.1, 0.15) is 6.07 Å². The van der Waals surface area contributed by atoms with E-state index >= 15 is 0 Å². The van der Waals surface area contributed by atoms with Gasteiger partial charge in [-0.2, -0.15) is 5.26 Å². The van der Waals surface area contributed by atoms with Gasteiger partial charge in [-0.15, -0.1) is 0 Å². The van der Waals surface area contributed by atoms with Crippen LogP contribution in [0, 0.1) is 11.3 Å². The van der Waals surface area contributed by atoms with Crippen molar-refractivity contribution in [1.29, 1.82) is 5.26 Å². The minimum Gasteiger partial charge on any atom is -0.308 e. The quantitative estimate of drug-likeness (QED) is 0.142. The molecule has 13 rings (SSSR count). The molecule has 0 aliphatic carbocycles. The summed E-state index contributed by atoms with van der Waals surface area (Å²) in [6.07, 6.45) is 0. The zero-order chi connectivity index (χ0) is 49.4. The lowest BCUT2D eigenvalue weighted by molar-refractivity contribution is 1.06. The third-order valence-corrected chi connectivity index (χ3v) is 13.5. The molecule has 0 spiro atoms. The summed E-state index contributed by atoms with van der Waals surface area (Å²) in [6.45, 7) is 0. The Bertz CT molecular complexity index is 4310. The number of fused-ring (bicyclic) bond motifs is 4. The van der Waals surface area contributed by atoms with Gasteiger partial charge in [0, 0.05) is 43.8 Å². The Labute approximate surface area is 426 Å². The molecule has 74 heavy (non-hydrogen) atoms. The molecule has 3 aromatic heterocycles. The lowest BCUT2D eigenvalue weighted by Gasteiger charge is -2.22. The predicted molar refractivity (Wildman–Crippen MR) is 298 cm³/mol. The van der Waals surface area contributed by atoms with Gasteiger partial charge in [-0.05, 0) is 72.3 Å². The average molecular weight is 947 g/mol. The van der Waals surface area contributed by atoms with Gasteiger partial charge in [0.05, 0.1) is 61.1 Å². The molecule has 13 aromatic rings. The van der Waals surface area contributed by atoms with E-state index in [9.17, 15) is 5.26 Å². The largest absolute Gasteiger partial charge is 0.308 e. The average Bonchev–Trinajstić information content (AvgIpc) is 3.48. The van der Waals surface area contributed by atoms with Gasteiger partial charge in [0.15, 0.2) is 17.5 Å². The van der Waals surface area contributed by atoms with Crippen LogP contribution in [0.4, 0.5) is 11.4 Å². The van der Waals surface area contributed by atoms with Crippen LogP contribution < -0.4 is 10.7 Å². The highest BCUT2D eigenvalue weighted by Gasteiger charge is 2.22. The van der Waals surface area contributed by atoms with Crippen LogP contribution in [0.25, 0.3) is 100 Å². The van der Waals surface area contributed by atoms with Crippen LogP contribution in [0.2, 0.25) is 0 Å². The summed E-state index contributed by atoms with van der Waals surface area (Å²) in [6, 6.07) is 88.8. The van der Waals surface area contributed by atoms with Gasteiger partial charge in [-0.25, -0.2) is 24.9 Å². The van der Waals surface area contributed by atoms with Crippen molar-refractivity contribution in [2.75, 3.05) is 0 Å². The number of benzene rings is 10. The van der Waals surface area contributed by atoms with E-state index in [1.165, 1.54) is 0 Å². The van der Waals surface area contributed by atoms with Crippen LogP contribution in [-0.4, -0.2) is 24.1 Å². The molecule has 0 bridgehead atoms. The Morgan fingerprint density at radius 1 is 0.324 bits per heavy atom. The number of rotatable bonds is 8. The van der Waals surface area contributed by atoms with Gasteiger partial charge in [0.25, 0.3) is 0 Å². The lowest BCUT2D eigenvalue weighted by Crippen LogP contribution is -2.13. The first-order valence-electron chi connectivity index (χ1n) is 24.5. The molecular weight excluding hydrogens is 905 g/mol. The molecule has 0 saturated heterocycles. The molecule has 0 aliphatic heterocycles. The fourth-order valence-electron chi connectivity index (χ4n) is 10.1. The smallest absolute Gasteiger partial charge is 0.166 e. The Morgan fingerprint density at radius 3 is 1.16 bits per heavy atom. The van der Waals surface area contributed by atoms with E-state index in [4.69, 9.17) is 24.9 Å². The van der Waals surface area contributed by atoms with Crippen LogP contribution in [0.3, 0.4) is 0 Å². The highest BCUT2D eigenvalue weighted by atomic mass is 15.1. The first-order valence-corrected chi connectivity index (χ1v) is 24.5. The van der Waals surface area contributed by atoms with Gasteiger partial charge in [-0.1, -0.05) is 188 Å². The number of para-hydroxylation sites is 6. The maximum atomic E-state index is 11.5. The number of hydrogen-bond acceptors (Lipinski definition) is 6. The van der Waals surface area contributed by atoms with Gasteiger partial charge in [0.2, 0.25) is 0 Å². The number of pyridine rings is 2. The normalized spacial score (nSPS) is 11.2. The molecule has 0 amide bonds. The molecule has 8 nitrogen and oxygen atoms in total. The summed E-state index contributed by atoms with van der Waals surface area (Å²) in [5.41, 5.74) is 11.7. The standard InChI is InChI=1S/C66H42N8/c67-43-55-49(34-21-39-60(55)73-56-35-17-13-30-50(56)62(51-31-14-18-36-57(51)73)68-47-26-9-3-10-27-47)46-40-41-54(66-71-64(44-22-5-1-6-23-44)70-65(72-66)45-24-7-2-8-25-45)61(42-46)74-58-37-19-15-32-52(58)63(53-33-16-20-38-59(53)74)69-48-28-11-4-12-29-48/h1-42H. The maximum Gasteiger partial charge on any atom is 0.166 e. The summed E-state index contributed by atoms with van der Waals surface area (Å²) in [4.78, 5) is 26.2. The van der Waals surface area contributed by atoms with E-state index in [-0.39, 0.29) is 0 Å². The molecule has 10 aromatic carbocycles. The van der Waals surface area contributed by atoms with Crippen molar-refractivity contribution in [1.82, 2.24) is 24.1 Å². The summed E-state index contributed by atoms with van der Waals surface area (Å²) < 4.78 is 4.50. The van der Waals surface area contributed by atoms with Crippen molar-refractivity contribution < 1.29 is 0 Å². The molecule has 8 heteroatoms. The lowest BCUT2D eigenvalue weighted by atomic mass is 9.95. The topological polar surface area (TPSA) is 97.0 Å². The fraction of sp³-hybridized carbons (Fsp3) is 0. The second-order valence-electron chi connectivity index (χ2n) is 17.9. The van der Waals surface area contributed by atoms with Crippen molar-refractivity contribution in [3.05, 3.63) is 271 Å². The molecule has 0 atom stereocenters. The molecule has 0 fully saturated rings. The molecule has 0 N–H and O–H groups in total. The Kier molecular flexibility index (Phi) is 11.1. The van der Waals surface area contributed by atoms with E-state index in [2.05, 4.69) is 106 Å². The third-order valence-electron chi connectivity index (χ3n) is 13.5. The molecule has 0 radical (unpaired) electrons. The Balaban J connectivity index is 1.11. The van der Waals surface area contributed by atoms with Crippen LogP contribution >= 0.6 is 0 Å². The summed E-state index contributed by atoms with van der Waals surface area (Å²) in [7, 11) is 0. The van der Waals surface area contributed by atoms with Crippen LogP contribution in [0.1, 0.15) is 5.56 Å². The molecule has 346 valence electrons. The van der Waals surface area contributed by atoms with E-state index in [0.717, 1.165) is 105 Å². The highest BCUT2D eigenvalue weighted by Crippen LogP contribution is 2.38. The van der Waals surface area contributed by atoms with Crippen LogP contribution in [0.15, 0.2) is 265 Å². The summed E-state index contributed by atoms with van der Waals surface area (Å²) in [5.74, 6) is 1.61. The second kappa shape index (κ2) is 18.8. The zero-order valence-electron chi connectivity index (χ0n) is 39.8. The third kappa shape index (κ3) is 7.78. The minimum absolute atomic E-state index is 0.502. The Hall–Kier alpha value is -10.4. The molecule has 3 heterocycles. The fourth-order valence-corrected chi connectivity index (χ4v) is 10.1. The number of aromatic nitrogens is 5. The van der Waals surface area contributed by atoms with Crippen molar-refractivity contribution >= 4 is 55.0 Å². The van der Waals surface area contributed by atoms with Gasteiger partial charge in [-0.3, -0.25) is 0 Å². The Morgan fingerprint density at radius 2 is 0.716 bits per heavy atom. The summed E-state index contributed by atoms with van der Waals surface area (Å²) >= 11 is 0. The highest BCUT2D eigenvalue weighted by molar-refractivity contribution is 5.99. The monoisotopic (exact) mass is 946 g/mol. The van der Waals surface area contributed by atoms with Gasteiger partial charge < -0.3 is 9.13 Å². The minimum atomic E-state index is 0.502. The van der Waals surface area contributed by atoms with Crippen molar-refractivity contribution in [3.8, 4) is 62.7 Å². The predicted octanol–water partition coefficient (Wildman–Crippen LogP) is 15.1. The van der Waals surface area contributed by atoms with Gasteiger partial charge >= 0.3 is 0 Å². The first kappa shape index (κ1) is 43.6. The number of nitrogens with zero attached hydrogens (tertiary/aromatic N) is 8. The van der Waals surface area contributed by atoms with E-state index in [1.54, 1.807) is 0 Å². The van der Waals surface area contributed by atoms with E-state index in [1.807, 2.05) is 164 Å². The van der Waals surface area contributed by atoms with Crippen molar-refractivity contribution in [2.24, 2.45) is 9.98 Å². The van der Waals surface area contributed by atoms with Crippen molar-refractivity contribution in [3.63, 3.8) is 0 Å². The van der Waals surface area contributed by atoms with Crippen molar-refractivity contribution in [2.45, 2.75) is 0 Å². The molecule has 0 unspecified atom stereocenters. The zero-order valence-corrected chi connectivity index (χ0v) is 39.8. The van der Waals surface area contributed by atoms with Crippen LogP contribution in [-0.2, 0) is 0 Å². The number of hydrogen-bond donors (Lipinski definition) is 0. The number of nitriles is 1. The molecule has 0 saturated carbocycles. The SMILES string of the molecule is N#Cc1c(-c2ccc(-c3nc(-c4ccccc4)nc(-c4ccccc4)n3)c(-n3c4ccccc4c(=Nc4ccccc4)c4ccccc43)c2)cccc1-n1c2ccccc2c(=Nc2ccccc2)c2ccccc21.